The highest BCUT2D eigenvalue weighted by Crippen LogP contribution is 2.14. The van der Waals surface area contributed by atoms with Crippen molar-refractivity contribution in [2.24, 2.45) is 0 Å². The zero-order chi connectivity index (χ0) is 14.6. The van der Waals surface area contributed by atoms with Crippen LogP contribution >= 0.6 is 0 Å². The maximum Gasteiger partial charge on any atom is 0.0718 e. The first-order valence-electron chi connectivity index (χ1n) is 7.94. The van der Waals surface area contributed by atoms with E-state index in [-0.39, 0.29) is 0 Å². The molecule has 2 unspecified atom stereocenters. The second-order valence-corrected chi connectivity index (χ2v) is 6.94. The lowest BCUT2D eigenvalue weighted by atomic mass is 10.1. The molecule has 0 saturated carbocycles. The minimum Gasteiger partial charge on any atom is -0.389 e. The molecule has 2 aliphatic rings. The SMILES string of the molecule is CC(CC1COCCN1)N1CCN(CC(C)(C)O)CC1. The topological polar surface area (TPSA) is 48.0 Å². The first-order valence-corrected chi connectivity index (χ1v) is 7.94. The van der Waals surface area contributed by atoms with Crippen LogP contribution in [0.2, 0.25) is 0 Å². The average molecular weight is 285 g/mol. The van der Waals surface area contributed by atoms with Crippen LogP contribution in [-0.4, -0.2) is 85.1 Å². The summed E-state index contributed by atoms with van der Waals surface area (Å²) in [4.78, 5) is 4.93. The highest BCUT2D eigenvalue weighted by molar-refractivity contribution is 4.83. The van der Waals surface area contributed by atoms with Crippen LogP contribution in [0, 0.1) is 0 Å². The Morgan fingerprint density at radius 3 is 2.55 bits per heavy atom. The molecule has 0 amide bonds. The average Bonchev–Trinajstić information content (AvgIpc) is 2.39. The Bertz CT molecular complexity index is 279. The van der Waals surface area contributed by atoms with Gasteiger partial charge in [0, 0.05) is 51.4 Å². The van der Waals surface area contributed by atoms with Crippen molar-refractivity contribution in [3.05, 3.63) is 0 Å². The number of morpholine rings is 1. The maximum absolute atomic E-state index is 9.88. The lowest BCUT2D eigenvalue weighted by Crippen LogP contribution is -2.54. The molecule has 2 heterocycles. The quantitative estimate of drug-likeness (QED) is 0.753. The lowest BCUT2D eigenvalue weighted by molar-refractivity contribution is 0.00777. The molecule has 0 aromatic heterocycles. The van der Waals surface area contributed by atoms with E-state index in [1.54, 1.807) is 0 Å². The van der Waals surface area contributed by atoms with Crippen LogP contribution in [0.3, 0.4) is 0 Å². The van der Waals surface area contributed by atoms with Crippen molar-refractivity contribution in [1.29, 1.82) is 0 Å². The molecule has 2 N–H and O–H groups in total. The van der Waals surface area contributed by atoms with E-state index in [0.717, 1.165) is 58.9 Å². The molecular formula is C15H31N3O2. The number of ether oxygens (including phenoxy) is 1. The monoisotopic (exact) mass is 285 g/mol. The van der Waals surface area contributed by atoms with E-state index >= 15 is 0 Å². The van der Waals surface area contributed by atoms with Crippen LogP contribution in [-0.2, 0) is 4.74 Å². The van der Waals surface area contributed by atoms with Crippen LogP contribution < -0.4 is 5.32 Å². The van der Waals surface area contributed by atoms with Crippen molar-refractivity contribution in [2.45, 2.75) is 44.9 Å². The normalized spacial score (nSPS) is 28.5. The molecule has 0 aliphatic carbocycles. The summed E-state index contributed by atoms with van der Waals surface area (Å²) < 4.78 is 5.53. The second kappa shape index (κ2) is 7.18. The summed E-state index contributed by atoms with van der Waals surface area (Å²) in [5.41, 5.74) is -0.586. The Labute approximate surface area is 123 Å². The smallest absolute Gasteiger partial charge is 0.0718 e. The lowest BCUT2D eigenvalue weighted by Gasteiger charge is -2.41. The van der Waals surface area contributed by atoms with Crippen LogP contribution in [0.15, 0.2) is 0 Å². The summed E-state index contributed by atoms with van der Waals surface area (Å²) in [5, 5.41) is 13.4. The van der Waals surface area contributed by atoms with Crippen molar-refractivity contribution in [2.75, 3.05) is 52.5 Å². The van der Waals surface area contributed by atoms with Gasteiger partial charge in [-0.05, 0) is 27.2 Å². The first-order chi connectivity index (χ1) is 9.44. The Morgan fingerprint density at radius 2 is 2.00 bits per heavy atom. The molecule has 2 saturated heterocycles. The molecule has 0 aromatic carbocycles. The molecule has 0 radical (unpaired) electrons. The molecular weight excluding hydrogens is 254 g/mol. The van der Waals surface area contributed by atoms with E-state index in [2.05, 4.69) is 22.0 Å². The van der Waals surface area contributed by atoms with Gasteiger partial charge in [-0.3, -0.25) is 9.80 Å². The number of hydrogen-bond donors (Lipinski definition) is 2. The summed E-state index contributed by atoms with van der Waals surface area (Å²) in [7, 11) is 0. The number of hydrogen-bond acceptors (Lipinski definition) is 5. The Morgan fingerprint density at radius 1 is 1.30 bits per heavy atom. The van der Waals surface area contributed by atoms with Gasteiger partial charge < -0.3 is 15.2 Å². The van der Waals surface area contributed by atoms with E-state index in [0.29, 0.717) is 12.1 Å². The largest absolute Gasteiger partial charge is 0.389 e. The van der Waals surface area contributed by atoms with E-state index in [9.17, 15) is 5.11 Å². The minimum absolute atomic E-state index is 0.508. The van der Waals surface area contributed by atoms with Gasteiger partial charge in [-0.25, -0.2) is 0 Å². The molecule has 0 spiro atoms. The van der Waals surface area contributed by atoms with Gasteiger partial charge in [0.2, 0.25) is 0 Å². The summed E-state index contributed by atoms with van der Waals surface area (Å²) in [6, 6.07) is 1.10. The molecule has 2 atom stereocenters. The van der Waals surface area contributed by atoms with Gasteiger partial charge in [0.05, 0.1) is 18.8 Å². The summed E-state index contributed by atoms with van der Waals surface area (Å²) in [6.45, 7) is 13.9. The number of aliphatic hydroxyl groups is 1. The van der Waals surface area contributed by atoms with Crippen LogP contribution in [0.5, 0.6) is 0 Å². The summed E-state index contributed by atoms with van der Waals surface area (Å²) >= 11 is 0. The van der Waals surface area contributed by atoms with Crippen molar-refractivity contribution < 1.29 is 9.84 Å². The van der Waals surface area contributed by atoms with Crippen molar-refractivity contribution in [1.82, 2.24) is 15.1 Å². The third kappa shape index (κ3) is 5.30. The zero-order valence-electron chi connectivity index (χ0n) is 13.3. The molecule has 5 heteroatoms. The highest BCUT2D eigenvalue weighted by Gasteiger charge is 2.26. The number of rotatable bonds is 5. The number of piperazine rings is 1. The summed E-state index contributed by atoms with van der Waals surface area (Å²) in [5.74, 6) is 0. The van der Waals surface area contributed by atoms with Gasteiger partial charge in [-0.15, -0.1) is 0 Å². The molecule has 5 nitrogen and oxygen atoms in total. The third-order valence-corrected chi connectivity index (χ3v) is 4.26. The molecule has 118 valence electrons. The molecule has 2 fully saturated rings. The van der Waals surface area contributed by atoms with Crippen molar-refractivity contribution in [3.8, 4) is 0 Å². The van der Waals surface area contributed by atoms with Gasteiger partial charge in [-0.1, -0.05) is 0 Å². The molecule has 0 bridgehead atoms. The maximum atomic E-state index is 9.88. The number of nitrogens with one attached hydrogen (secondary N) is 1. The fraction of sp³-hybridized carbons (Fsp3) is 1.00. The Kier molecular flexibility index (Phi) is 5.81. The van der Waals surface area contributed by atoms with Gasteiger partial charge in [0.25, 0.3) is 0 Å². The fourth-order valence-electron chi connectivity index (χ4n) is 3.24. The second-order valence-electron chi connectivity index (χ2n) is 6.94. The number of nitrogens with zero attached hydrogens (tertiary/aromatic N) is 2. The first kappa shape index (κ1) is 16.2. The standard InChI is InChI=1S/C15H31N3O2/c1-13(10-14-11-20-9-4-16-14)18-7-5-17(6-8-18)12-15(2,3)19/h13-14,16,19H,4-12H2,1-3H3. The third-order valence-electron chi connectivity index (χ3n) is 4.26. The predicted molar refractivity (Wildman–Crippen MR) is 81.0 cm³/mol. The molecule has 20 heavy (non-hydrogen) atoms. The van der Waals surface area contributed by atoms with E-state index < -0.39 is 5.60 Å². The molecule has 2 aliphatic heterocycles. The highest BCUT2D eigenvalue weighted by atomic mass is 16.5. The van der Waals surface area contributed by atoms with Crippen molar-refractivity contribution in [3.63, 3.8) is 0 Å². The van der Waals surface area contributed by atoms with Crippen LogP contribution in [0.25, 0.3) is 0 Å². The van der Waals surface area contributed by atoms with E-state index in [1.165, 1.54) is 0 Å². The minimum atomic E-state index is -0.586. The zero-order valence-corrected chi connectivity index (χ0v) is 13.3. The summed E-state index contributed by atoms with van der Waals surface area (Å²) in [6.07, 6.45) is 1.16. The fourth-order valence-corrected chi connectivity index (χ4v) is 3.24. The van der Waals surface area contributed by atoms with Gasteiger partial charge >= 0.3 is 0 Å². The van der Waals surface area contributed by atoms with Gasteiger partial charge in [0.1, 0.15) is 0 Å². The Balaban J connectivity index is 1.69. The molecule has 0 aromatic rings. The van der Waals surface area contributed by atoms with Crippen LogP contribution in [0.1, 0.15) is 27.2 Å². The van der Waals surface area contributed by atoms with E-state index in [1.807, 2.05) is 13.8 Å². The van der Waals surface area contributed by atoms with Gasteiger partial charge in [0.15, 0.2) is 0 Å². The molecule has 2 rings (SSSR count). The van der Waals surface area contributed by atoms with Crippen molar-refractivity contribution >= 4 is 0 Å². The number of β-amino-alcohol motifs (C(OH)–C–C–N with tert-alkyl or cyclic N) is 1. The van der Waals surface area contributed by atoms with Gasteiger partial charge in [-0.2, -0.15) is 0 Å². The van der Waals surface area contributed by atoms with E-state index in [4.69, 9.17) is 4.74 Å². The Hall–Kier alpha value is -0.200. The van der Waals surface area contributed by atoms with Crippen LogP contribution in [0.4, 0.5) is 0 Å². The predicted octanol–water partition coefficient (Wildman–Crippen LogP) is 0.142.